The zero-order valence-electron chi connectivity index (χ0n) is 14.3. The lowest BCUT2D eigenvalue weighted by molar-refractivity contribution is 0.00578. The minimum atomic E-state index is -0.240. The molecule has 1 aromatic rings. The van der Waals surface area contributed by atoms with Gasteiger partial charge >= 0.3 is 7.12 Å². The van der Waals surface area contributed by atoms with Crippen LogP contribution in [0.2, 0.25) is 10.8 Å². The maximum Gasteiger partial charge on any atom is 0.462 e. The Labute approximate surface area is 144 Å². The van der Waals surface area contributed by atoms with Gasteiger partial charge in [0.1, 0.15) is 0 Å². The van der Waals surface area contributed by atoms with Gasteiger partial charge in [-0.05, 0) is 76.0 Å². The molecule has 1 aromatic carbocycles. The van der Waals surface area contributed by atoms with Crippen molar-refractivity contribution in [3.8, 4) is 0 Å². The molecule has 0 radical (unpaired) electrons. The smallest absolute Gasteiger partial charge is 0.403 e. The molecule has 0 aromatic heterocycles. The highest BCUT2D eigenvalue weighted by Crippen LogP contribution is 2.84. The fourth-order valence-electron chi connectivity index (χ4n) is 6.05. The van der Waals surface area contributed by atoms with Crippen LogP contribution in [0.4, 0.5) is 0 Å². The monoisotopic (exact) mass is 330 g/mol. The molecule has 3 unspecified atom stereocenters. The number of hydrogen-bond acceptors (Lipinski definition) is 2. The summed E-state index contributed by atoms with van der Waals surface area (Å²) in [6.45, 7) is 8.63. The van der Waals surface area contributed by atoms with Crippen molar-refractivity contribution >= 4 is 18.7 Å². The lowest BCUT2D eigenvalue weighted by Gasteiger charge is -2.32. The van der Waals surface area contributed by atoms with E-state index in [0.29, 0.717) is 5.82 Å². The summed E-state index contributed by atoms with van der Waals surface area (Å²) in [5, 5.41) is 0.819. The van der Waals surface area contributed by atoms with Gasteiger partial charge in [0.25, 0.3) is 0 Å². The molecule has 4 saturated carbocycles. The third-order valence-corrected chi connectivity index (χ3v) is 7.94. The molecule has 1 aliphatic heterocycles. The summed E-state index contributed by atoms with van der Waals surface area (Å²) < 4.78 is 12.9. The fourth-order valence-corrected chi connectivity index (χ4v) is 6.18. The van der Waals surface area contributed by atoms with Crippen molar-refractivity contribution in [2.24, 2.45) is 17.8 Å². The van der Waals surface area contributed by atoms with E-state index in [4.69, 9.17) is 20.9 Å². The van der Waals surface area contributed by atoms with Gasteiger partial charge in [0, 0.05) is 16.3 Å². The highest BCUT2D eigenvalue weighted by atomic mass is 35.5. The second kappa shape index (κ2) is 4.18. The molecule has 4 heteroatoms. The quantitative estimate of drug-likeness (QED) is 0.731. The van der Waals surface area contributed by atoms with Crippen molar-refractivity contribution in [2.75, 3.05) is 0 Å². The molecule has 5 aliphatic rings. The van der Waals surface area contributed by atoms with Gasteiger partial charge in [-0.15, -0.1) is 0 Å². The Morgan fingerprint density at radius 3 is 2.00 bits per heavy atom. The Morgan fingerprint density at radius 1 is 0.957 bits per heavy atom. The van der Waals surface area contributed by atoms with Gasteiger partial charge in [0.05, 0.1) is 11.2 Å². The molecule has 4 bridgehead atoms. The molecular formula is C19H24BClO2. The Balaban J connectivity index is 1.53. The summed E-state index contributed by atoms with van der Waals surface area (Å²) in [4.78, 5) is 0. The van der Waals surface area contributed by atoms with Crippen LogP contribution in [0.25, 0.3) is 0 Å². The second-order valence-electron chi connectivity index (χ2n) is 9.03. The van der Waals surface area contributed by atoms with Crippen LogP contribution in [0.1, 0.15) is 46.1 Å². The van der Waals surface area contributed by atoms with Gasteiger partial charge in [-0.2, -0.15) is 0 Å². The van der Waals surface area contributed by atoms with Crippen LogP contribution in [0.15, 0.2) is 24.3 Å². The third kappa shape index (κ3) is 1.64. The van der Waals surface area contributed by atoms with Crippen LogP contribution >= 0.6 is 11.6 Å². The Hall–Kier alpha value is -0.505. The van der Waals surface area contributed by atoms with Gasteiger partial charge in [-0.3, -0.25) is 0 Å². The van der Waals surface area contributed by atoms with Gasteiger partial charge in [-0.1, -0.05) is 23.7 Å². The maximum absolute atomic E-state index is 6.46. The minimum absolute atomic E-state index is 0.0711. The second-order valence-corrected chi connectivity index (χ2v) is 9.47. The maximum atomic E-state index is 6.46. The molecule has 4 aliphatic carbocycles. The average molecular weight is 331 g/mol. The van der Waals surface area contributed by atoms with Crippen LogP contribution < -0.4 is 0 Å². The van der Waals surface area contributed by atoms with Crippen LogP contribution in [0.3, 0.4) is 0 Å². The normalized spacial score (nSPS) is 44.8. The molecule has 6 rings (SSSR count). The Kier molecular flexibility index (Phi) is 2.69. The van der Waals surface area contributed by atoms with Gasteiger partial charge < -0.3 is 9.31 Å². The molecule has 1 saturated heterocycles. The van der Waals surface area contributed by atoms with E-state index >= 15 is 0 Å². The molecule has 0 spiro atoms. The lowest BCUT2D eigenvalue weighted by Crippen LogP contribution is -2.41. The molecular weight excluding hydrogens is 306 g/mol. The zero-order chi connectivity index (χ0) is 16.2. The first-order valence-electron chi connectivity index (χ1n) is 8.89. The van der Waals surface area contributed by atoms with E-state index in [-0.39, 0.29) is 23.7 Å². The first-order valence-corrected chi connectivity index (χ1v) is 9.27. The van der Waals surface area contributed by atoms with Crippen molar-refractivity contribution in [1.29, 1.82) is 0 Å². The van der Waals surface area contributed by atoms with Crippen molar-refractivity contribution in [3.63, 3.8) is 0 Å². The standard InChI is InChI=1S/C19H24BClO2/c1-17(2)18(3,4)23-20(22-17)16-11-9-14-15(10-11)19(14,16)12-5-7-13(21)8-6-12/h5-8,11,14-16H,9-10H2,1-4H3. The van der Waals surface area contributed by atoms with E-state index in [0.717, 1.165) is 22.8 Å². The Bertz CT molecular complexity index is 640. The molecule has 2 nitrogen and oxygen atoms in total. The Morgan fingerprint density at radius 2 is 1.48 bits per heavy atom. The molecule has 1 heterocycles. The summed E-state index contributed by atoms with van der Waals surface area (Å²) in [6, 6.07) is 8.55. The van der Waals surface area contributed by atoms with E-state index in [9.17, 15) is 0 Å². The fraction of sp³-hybridized carbons (Fsp3) is 0.684. The van der Waals surface area contributed by atoms with Crippen molar-refractivity contribution in [2.45, 2.75) is 63.0 Å². The molecule has 0 N–H and O–H groups in total. The van der Waals surface area contributed by atoms with Crippen molar-refractivity contribution in [3.05, 3.63) is 34.9 Å². The molecule has 0 amide bonds. The summed E-state index contributed by atoms with van der Waals surface area (Å²) in [6.07, 6.45) is 2.70. The topological polar surface area (TPSA) is 18.5 Å². The van der Waals surface area contributed by atoms with Crippen LogP contribution in [-0.2, 0) is 14.7 Å². The highest BCUT2D eigenvalue weighted by molar-refractivity contribution is 6.48. The zero-order valence-corrected chi connectivity index (χ0v) is 15.1. The van der Waals surface area contributed by atoms with Crippen molar-refractivity contribution in [1.82, 2.24) is 0 Å². The third-order valence-electron chi connectivity index (χ3n) is 7.69. The predicted molar refractivity (Wildman–Crippen MR) is 92.7 cm³/mol. The van der Waals surface area contributed by atoms with E-state index in [1.807, 2.05) is 12.1 Å². The number of benzene rings is 1. The first-order chi connectivity index (χ1) is 10.8. The number of halogens is 1. The molecule has 23 heavy (non-hydrogen) atoms. The van der Waals surface area contributed by atoms with E-state index in [2.05, 4.69) is 39.8 Å². The van der Waals surface area contributed by atoms with Crippen LogP contribution in [-0.4, -0.2) is 18.3 Å². The number of rotatable bonds is 2. The van der Waals surface area contributed by atoms with E-state index in [1.54, 1.807) is 0 Å². The largest absolute Gasteiger partial charge is 0.462 e. The first kappa shape index (κ1) is 14.8. The summed E-state index contributed by atoms with van der Waals surface area (Å²) in [5.41, 5.74) is 1.26. The molecule has 5 fully saturated rings. The predicted octanol–water partition coefficient (Wildman–Crippen LogP) is 4.71. The van der Waals surface area contributed by atoms with E-state index in [1.165, 1.54) is 18.4 Å². The lowest BCUT2D eigenvalue weighted by atomic mass is 9.60. The summed E-state index contributed by atoms with van der Waals surface area (Å²) in [5.74, 6) is 2.92. The van der Waals surface area contributed by atoms with Crippen LogP contribution in [0.5, 0.6) is 0 Å². The van der Waals surface area contributed by atoms with Gasteiger partial charge in [-0.25, -0.2) is 0 Å². The SMILES string of the molecule is CC1(C)OB(C2C3CC4C(C3)C42c2ccc(Cl)cc2)OC1(C)C. The van der Waals surface area contributed by atoms with Gasteiger partial charge in [0.15, 0.2) is 0 Å². The summed E-state index contributed by atoms with van der Waals surface area (Å²) >= 11 is 6.11. The minimum Gasteiger partial charge on any atom is -0.403 e. The molecule has 122 valence electrons. The van der Waals surface area contributed by atoms with Crippen LogP contribution in [0, 0.1) is 17.8 Å². The highest BCUT2D eigenvalue weighted by Gasteiger charge is 2.83. The summed E-state index contributed by atoms with van der Waals surface area (Å²) in [7, 11) is -0.0711. The van der Waals surface area contributed by atoms with Crippen molar-refractivity contribution < 1.29 is 9.31 Å². The van der Waals surface area contributed by atoms with Gasteiger partial charge in [0.2, 0.25) is 0 Å². The van der Waals surface area contributed by atoms with E-state index < -0.39 is 0 Å². The molecule has 3 atom stereocenters. The average Bonchev–Trinajstić information content (AvgIpc) is 2.89. The number of hydrogen-bond donors (Lipinski definition) is 0.